The third-order valence-electron chi connectivity index (χ3n) is 5.74. The number of rotatable bonds is 4. The average molecular weight is 315 g/mol. The molecular weight excluding hydrogens is 286 g/mol. The Morgan fingerprint density at radius 3 is 2.61 bits per heavy atom. The van der Waals surface area contributed by atoms with Crippen molar-refractivity contribution in [3.8, 4) is 0 Å². The summed E-state index contributed by atoms with van der Waals surface area (Å²) in [4.78, 5) is 14.6. The first kappa shape index (κ1) is 16.3. The van der Waals surface area contributed by atoms with Gasteiger partial charge in [0.25, 0.3) is 0 Å². The molecule has 1 saturated carbocycles. The number of nitrogens with zero attached hydrogens (tertiary/aromatic N) is 1. The molecule has 4 heteroatoms. The minimum atomic E-state index is -0.0116. The van der Waals surface area contributed by atoms with Crippen LogP contribution in [0.25, 0.3) is 0 Å². The summed E-state index contributed by atoms with van der Waals surface area (Å²) in [5, 5.41) is 6.30. The predicted octanol–water partition coefficient (Wildman–Crippen LogP) is 2.72. The van der Waals surface area contributed by atoms with Gasteiger partial charge in [-0.15, -0.1) is 0 Å². The fourth-order valence-corrected chi connectivity index (χ4v) is 4.12. The number of amides is 2. The number of hydrogen-bond acceptors (Lipinski definition) is 2. The maximum atomic E-state index is 12.3. The Hall–Kier alpha value is -1.55. The summed E-state index contributed by atoms with van der Waals surface area (Å²) in [6.07, 6.45) is 7.92. The van der Waals surface area contributed by atoms with Crippen LogP contribution in [0.4, 0.5) is 4.79 Å². The molecule has 1 fully saturated rings. The third kappa shape index (κ3) is 3.69. The zero-order chi connectivity index (χ0) is 16.3. The molecule has 1 aromatic rings. The van der Waals surface area contributed by atoms with Gasteiger partial charge >= 0.3 is 6.03 Å². The van der Waals surface area contributed by atoms with Gasteiger partial charge in [0.15, 0.2) is 0 Å². The third-order valence-corrected chi connectivity index (χ3v) is 5.74. The zero-order valence-corrected chi connectivity index (χ0v) is 14.4. The summed E-state index contributed by atoms with van der Waals surface area (Å²) < 4.78 is 0. The van der Waals surface area contributed by atoms with E-state index in [1.54, 1.807) is 0 Å². The van der Waals surface area contributed by atoms with E-state index in [1.807, 2.05) is 0 Å². The first-order chi connectivity index (χ1) is 11.1. The first-order valence-electron chi connectivity index (χ1n) is 8.88. The smallest absolute Gasteiger partial charge is 0.315 e. The summed E-state index contributed by atoms with van der Waals surface area (Å²) in [6.45, 7) is 0.745. The Morgan fingerprint density at radius 1 is 1.22 bits per heavy atom. The molecule has 0 spiro atoms. The molecule has 0 heterocycles. The molecule has 0 aliphatic heterocycles. The molecule has 0 radical (unpaired) electrons. The van der Waals surface area contributed by atoms with E-state index in [-0.39, 0.29) is 17.6 Å². The Labute approximate surface area is 139 Å². The number of nitrogens with one attached hydrogen (secondary N) is 2. The molecular formula is C19H29N3O. The zero-order valence-electron chi connectivity index (χ0n) is 14.4. The summed E-state index contributed by atoms with van der Waals surface area (Å²) in [7, 11) is 4.26. The average Bonchev–Trinajstić information content (AvgIpc) is 3.03. The van der Waals surface area contributed by atoms with Crippen LogP contribution in [0.5, 0.6) is 0 Å². The number of urea groups is 1. The number of fused-ring (bicyclic) bond motifs is 1. The Balaban J connectivity index is 1.50. The SMILES string of the molecule is CN(C)C1(CNC(=O)N[C@H]2CCc3ccccc3C2)CCCC1. The lowest BCUT2D eigenvalue weighted by Crippen LogP contribution is -2.54. The molecule has 4 nitrogen and oxygen atoms in total. The molecule has 2 aliphatic carbocycles. The summed E-state index contributed by atoms with van der Waals surface area (Å²) >= 11 is 0. The molecule has 1 aromatic carbocycles. The number of likely N-dealkylation sites (N-methyl/N-ethyl adjacent to an activating group) is 1. The second-order valence-corrected chi connectivity index (χ2v) is 7.36. The molecule has 23 heavy (non-hydrogen) atoms. The van der Waals surface area contributed by atoms with Crippen LogP contribution in [0, 0.1) is 0 Å². The van der Waals surface area contributed by atoms with Gasteiger partial charge in [0, 0.05) is 18.1 Å². The van der Waals surface area contributed by atoms with E-state index in [0.29, 0.717) is 0 Å². The molecule has 2 aliphatic rings. The van der Waals surface area contributed by atoms with Crippen molar-refractivity contribution in [1.82, 2.24) is 15.5 Å². The molecule has 2 amide bonds. The highest BCUT2D eigenvalue weighted by Gasteiger charge is 2.36. The highest BCUT2D eigenvalue weighted by molar-refractivity contribution is 5.74. The van der Waals surface area contributed by atoms with Crippen LogP contribution in [0.1, 0.15) is 43.2 Å². The van der Waals surface area contributed by atoms with Gasteiger partial charge in [-0.1, -0.05) is 37.1 Å². The van der Waals surface area contributed by atoms with Crippen molar-refractivity contribution in [2.75, 3.05) is 20.6 Å². The van der Waals surface area contributed by atoms with Crippen LogP contribution in [0.3, 0.4) is 0 Å². The van der Waals surface area contributed by atoms with Gasteiger partial charge in [0.2, 0.25) is 0 Å². The van der Waals surface area contributed by atoms with Gasteiger partial charge in [-0.25, -0.2) is 4.79 Å². The van der Waals surface area contributed by atoms with E-state index < -0.39 is 0 Å². The maximum Gasteiger partial charge on any atom is 0.315 e. The summed E-state index contributed by atoms with van der Waals surface area (Å²) in [5.41, 5.74) is 2.96. The Bertz CT molecular complexity index is 549. The molecule has 3 rings (SSSR count). The first-order valence-corrected chi connectivity index (χ1v) is 8.88. The fraction of sp³-hybridized carbons (Fsp3) is 0.632. The second-order valence-electron chi connectivity index (χ2n) is 7.36. The van der Waals surface area contributed by atoms with Gasteiger partial charge in [0.1, 0.15) is 0 Å². The van der Waals surface area contributed by atoms with Crippen molar-refractivity contribution in [2.45, 2.75) is 56.5 Å². The minimum absolute atomic E-state index is 0.0116. The van der Waals surface area contributed by atoms with E-state index in [2.05, 4.69) is 53.9 Å². The number of benzene rings is 1. The van der Waals surface area contributed by atoms with Crippen LogP contribution >= 0.6 is 0 Å². The maximum absolute atomic E-state index is 12.3. The highest BCUT2D eigenvalue weighted by atomic mass is 16.2. The Kier molecular flexibility index (Phi) is 4.90. The lowest BCUT2D eigenvalue weighted by Gasteiger charge is -2.36. The van der Waals surface area contributed by atoms with Crippen LogP contribution in [0.15, 0.2) is 24.3 Å². The summed E-state index contributed by atoms with van der Waals surface area (Å²) in [6, 6.07) is 8.81. The Morgan fingerprint density at radius 2 is 1.91 bits per heavy atom. The normalized spacial score (nSPS) is 22.7. The van der Waals surface area contributed by atoms with E-state index in [0.717, 1.165) is 25.8 Å². The molecule has 1 atom stereocenters. The standard InChI is InChI=1S/C19H29N3O/c1-22(2)19(11-5-6-12-19)14-20-18(23)21-17-10-9-15-7-3-4-8-16(15)13-17/h3-4,7-8,17H,5-6,9-14H2,1-2H3,(H2,20,21,23)/t17-/m0/s1. The van der Waals surface area contributed by atoms with Crippen LogP contribution < -0.4 is 10.6 Å². The van der Waals surface area contributed by atoms with Gasteiger partial charge in [-0.3, -0.25) is 0 Å². The molecule has 0 bridgehead atoms. The van der Waals surface area contributed by atoms with Crippen molar-refractivity contribution >= 4 is 6.03 Å². The summed E-state index contributed by atoms with van der Waals surface area (Å²) in [5.74, 6) is 0. The molecule has 2 N–H and O–H groups in total. The topological polar surface area (TPSA) is 44.4 Å². The largest absolute Gasteiger partial charge is 0.336 e. The van der Waals surface area contributed by atoms with E-state index in [1.165, 1.54) is 36.8 Å². The number of carbonyl (C=O) groups is 1. The number of hydrogen-bond donors (Lipinski definition) is 2. The van der Waals surface area contributed by atoms with Gasteiger partial charge < -0.3 is 15.5 Å². The molecule has 0 unspecified atom stereocenters. The van der Waals surface area contributed by atoms with Crippen molar-refractivity contribution in [2.24, 2.45) is 0 Å². The van der Waals surface area contributed by atoms with Gasteiger partial charge in [-0.05, 0) is 57.3 Å². The monoisotopic (exact) mass is 315 g/mol. The fourth-order valence-electron chi connectivity index (χ4n) is 4.12. The number of aryl methyl sites for hydroxylation is 1. The lowest BCUT2D eigenvalue weighted by molar-refractivity contribution is 0.153. The second kappa shape index (κ2) is 6.91. The van der Waals surface area contributed by atoms with Crippen LogP contribution in [-0.4, -0.2) is 43.2 Å². The van der Waals surface area contributed by atoms with E-state index >= 15 is 0 Å². The molecule has 126 valence electrons. The quantitative estimate of drug-likeness (QED) is 0.897. The number of carbonyl (C=O) groups excluding carboxylic acids is 1. The van der Waals surface area contributed by atoms with Crippen molar-refractivity contribution in [1.29, 1.82) is 0 Å². The van der Waals surface area contributed by atoms with Crippen LogP contribution in [-0.2, 0) is 12.8 Å². The van der Waals surface area contributed by atoms with Crippen LogP contribution in [0.2, 0.25) is 0 Å². The van der Waals surface area contributed by atoms with Crippen molar-refractivity contribution in [3.05, 3.63) is 35.4 Å². The van der Waals surface area contributed by atoms with E-state index in [9.17, 15) is 4.79 Å². The van der Waals surface area contributed by atoms with Crippen molar-refractivity contribution in [3.63, 3.8) is 0 Å². The van der Waals surface area contributed by atoms with Gasteiger partial charge in [0.05, 0.1) is 0 Å². The highest BCUT2D eigenvalue weighted by Crippen LogP contribution is 2.33. The molecule has 0 aromatic heterocycles. The van der Waals surface area contributed by atoms with E-state index in [4.69, 9.17) is 0 Å². The van der Waals surface area contributed by atoms with Crippen molar-refractivity contribution < 1.29 is 4.79 Å². The minimum Gasteiger partial charge on any atom is -0.336 e. The lowest BCUT2D eigenvalue weighted by atomic mass is 9.88. The van der Waals surface area contributed by atoms with Gasteiger partial charge in [-0.2, -0.15) is 0 Å². The predicted molar refractivity (Wildman–Crippen MR) is 93.7 cm³/mol. The molecule has 0 saturated heterocycles.